The van der Waals surface area contributed by atoms with Crippen LogP contribution in [0.2, 0.25) is 0 Å². The van der Waals surface area contributed by atoms with Gasteiger partial charge in [-0.05, 0) is 12.1 Å². The van der Waals surface area contributed by atoms with Gasteiger partial charge in [-0.3, -0.25) is 9.97 Å². The van der Waals surface area contributed by atoms with Crippen molar-refractivity contribution in [2.75, 3.05) is 0 Å². The first-order chi connectivity index (χ1) is 9.45. The Morgan fingerprint density at radius 3 is 2.32 bits per heavy atom. The average molecular weight is 825 g/mol. The third-order valence-electron chi connectivity index (χ3n) is 2.75. The minimum Gasteiger partial charge on any atom is -0.351 e. The topological polar surface area (TPSA) is 54.5 Å². The minimum atomic E-state index is 0. The Hall–Kier alpha value is -0.802. The van der Waals surface area contributed by atoms with Crippen LogP contribution >= 0.6 is 0 Å². The number of nitrogens with one attached hydrogen (secondary N) is 1. The third-order valence-corrected chi connectivity index (χ3v) is 2.75. The number of fused-ring (bicyclic) bond motifs is 3. The molecule has 0 saturated carbocycles. The molecule has 3 radical (unpaired) electrons. The van der Waals surface area contributed by atoms with Crippen LogP contribution in [0.5, 0.6) is 0 Å². The molecule has 0 aliphatic carbocycles. The molecular formula is C15H12Ir3N4. The Bertz CT molecular complexity index is 719. The molecule has 0 unspecified atom stereocenters. The van der Waals surface area contributed by atoms with Crippen molar-refractivity contribution in [1.82, 2.24) is 19.9 Å². The quantitative estimate of drug-likeness (QED) is 0.278. The molecule has 0 aliphatic rings. The first-order valence-corrected chi connectivity index (χ1v) is 5.96. The molecule has 22 heavy (non-hydrogen) atoms. The summed E-state index contributed by atoms with van der Waals surface area (Å²) in [6.07, 6.45) is 8.77. The second-order valence-electron chi connectivity index (χ2n) is 3.98. The molecule has 0 bridgehead atoms. The number of hydrogen-bond donors (Lipinski definition) is 1. The fourth-order valence-corrected chi connectivity index (χ4v) is 1.89. The van der Waals surface area contributed by atoms with Crippen molar-refractivity contribution in [1.29, 1.82) is 0 Å². The van der Waals surface area contributed by atoms with Gasteiger partial charge in [0.25, 0.3) is 0 Å². The number of benzene rings is 1. The van der Waals surface area contributed by atoms with Crippen molar-refractivity contribution in [2.45, 2.75) is 0 Å². The van der Waals surface area contributed by atoms with Crippen LogP contribution in [0.15, 0.2) is 67.5 Å². The van der Waals surface area contributed by atoms with Gasteiger partial charge in [-0.15, -0.1) is 0 Å². The van der Waals surface area contributed by atoms with E-state index in [0.29, 0.717) is 0 Å². The summed E-state index contributed by atoms with van der Waals surface area (Å²) in [5.41, 5.74) is 1.93. The summed E-state index contributed by atoms with van der Waals surface area (Å²) in [7, 11) is 0. The molecule has 1 aromatic carbocycles. The van der Waals surface area contributed by atoms with Crippen LogP contribution in [0.25, 0.3) is 21.8 Å². The van der Waals surface area contributed by atoms with E-state index in [1.54, 1.807) is 24.9 Å². The van der Waals surface area contributed by atoms with Crippen LogP contribution in [-0.2, 0) is 60.3 Å². The van der Waals surface area contributed by atoms with Gasteiger partial charge in [-0.25, -0.2) is 4.98 Å². The zero-order valence-corrected chi connectivity index (χ0v) is 18.4. The summed E-state index contributed by atoms with van der Waals surface area (Å²) in [5, 5.41) is 2.30. The summed E-state index contributed by atoms with van der Waals surface area (Å²) in [6.45, 7) is 0. The van der Waals surface area contributed by atoms with Gasteiger partial charge >= 0.3 is 0 Å². The van der Waals surface area contributed by atoms with Gasteiger partial charge < -0.3 is 4.98 Å². The zero-order chi connectivity index (χ0) is 12.9. The van der Waals surface area contributed by atoms with E-state index in [1.807, 2.05) is 30.5 Å². The van der Waals surface area contributed by atoms with Crippen LogP contribution in [0, 0.1) is 0 Å². The average Bonchev–Trinajstić information content (AvgIpc) is 3.07. The summed E-state index contributed by atoms with van der Waals surface area (Å²) >= 11 is 0. The van der Waals surface area contributed by atoms with E-state index in [2.05, 4.69) is 32.1 Å². The molecule has 0 fully saturated rings. The van der Waals surface area contributed by atoms with Crippen molar-refractivity contribution in [3.8, 4) is 0 Å². The number of aromatic amines is 1. The maximum absolute atomic E-state index is 4.35. The first-order valence-electron chi connectivity index (χ1n) is 5.96. The maximum Gasteiger partial charge on any atom is 0.0964 e. The number of hydrogen-bond acceptors (Lipinski definition) is 3. The number of H-pyrrole nitrogens is 1. The molecule has 4 rings (SSSR count). The molecular weight excluding hydrogens is 813 g/mol. The SMILES string of the molecule is [Ir].[Ir].[Ir].c1c[nH]cn1.c1ccc2c(c1)cnc1cccnc12. The Morgan fingerprint density at radius 2 is 1.64 bits per heavy atom. The van der Waals surface area contributed by atoms with E-state index in [-0.39, 0.29) is 60.3 Å². The normalized spacial score (nSPS) is 8.73. The number of nitrogens with zero attached hydrogens (tertiary/aromatic N) is 3. The summed E-state index contributed by atoms with van der Waals surface area (Å²) in [6, 6.07) is 12.1. The van der Waals surface area contributed by atoms with Gasteiger partial charge in [0.15, 0.2) is 0 Å². The Kier molecular flexibility index (Phi) is 10.5. The Balaban J connectivity index is 0.000000482. The molecule has 4 aromatic rings. The van der Waals surface area contributed by atoms with E-state index < -0.39 is 0 Å². The molecule has 3 aromatic heterocycles. The summed E-state index contributed by atoms with van der Waals surface area (Å²) in [5.74, 6) is 0. The molecule has 0 spiro atoms. The minimum absolute atomic E-state index is 0. The fourth-order valence-electron chi connectivity index (χ4n) is 1.89. The van der Waals surface area contributed by atoms with Gasteiger partial charge in [0.2, 0.25) is 0 Å². The van der Waals surface area contributed by atoms with Gasteiger partial charge in [0.1, 0.15) is 0 Å². The molecule has 1 N–H and O–H groups in total. The van der Waals surface area contributed by atoms with Crippen LogP contribution < -0.4 is 0 Å². The largest absolute Gasteiger partial charge is 0.351 e. The number of aromatic nitrogens is 4. The van der Waals surface area contributed by atoms with Gasteiger partial charge in [0, 0.05) is 95.9 Å². The maximum atomic E-state index is 4.35. The van der Waals surface area contributed by atoms with Crippen LogP contribution in [0.4, 0.5) is 0 Å². The summed E-state index contributed by atoms with van der Waals surface area (Å²) < 4.78 is 0. The predicted octanol–water partition coefficient (Wildman–Crippen LogP) is 3.19. The third kappa shape index (κ3) is 5.13. The second-order valence-corrected chi connectivity index (χ2v) is 3.98. The predicted molar refractivity (Wildman–Crippen MR) is 75.6 cm³/mol. The van der Waals surface area contributed by atoms with Crippen molar-refractivity contribution in [3.05, 3.63) is 67.5 Å². The zero-order valence-electron chi connectivity index (χ0n) is 11.2. The molecule has 4 nitrogen and oxygen atoms in total. The van der Waals surface area contributed by atoms with E-state index in [4.69, 9.17) is 0 Å². The fraction of sp³-hybridized carbons (Fsp3) is 0. The van der Waals surface area contributed by atoms with Crippen molar-refractivity contribution >= 4 is 21.8 Å². The van der Waals surface area contributed by atoms with E-state index in [0.717, 1.165) is 21.8 Å². The first kappa shape index (κ1) is 21.2. The molecule has 0 saturated heterocycles. The van der Waals surface area contributed by atoms with Crippen molar-refractivity contribution in [2.24, 2.45) is 0 Å². The molecule has 119 valence electrons. The van der Waals surface area contributed by atoms with Crippen LogP contribution in [0.1, 0.15) is 0 Å². The number of rotatable bonds is 0. The van der Waals surface area contributed by atoms with Gasteiger partial charge in [-0.1, -0.05) is 24.3 Å². The Morgan fingerprint density at radius 1 is 0.818 bits per heavy atom. The second kappa shape index (κ2) is 10.8. The van der Waals surface area contributed by atoms with Gasteiger partial charge in [-0.2, -0.15) is 0 Å². The molecule has 0 atom stereocenters. The van der Waals surface area contributed by atoms with E-state index >= 15 is 0 Å². The van der Waals surface area contributed by atoms with Crippen LogP contribution in [0.3, 0.4) is 0 Å². The number of imidazole rings is 1. The summed E-state index contributed by atoms with van der Waals surface area (Å²) in [4.78, 5) is 15.1. The van der Waals surface area contributed by atoms with E-state index in [9.17, 15) is 0 Å². The molecule has 7 heteroatoms. The Labute approximate surface area is 168 Å². The van der Waals surface area contributed by atoms with Crippen LogP contribution in [-0.4, -0.2) is 19.9 Å². The van der Waals surface area contributed by atoms with Gasteiger partial charge in [0.05, 0.1) is 17.4 Å². The smallest absolute Gasteiger partial charge is 0.0964 e. The van der Waals surface area contributed by atoms with E-state index in [1.165, 1.54) is 0 Å². The molecule has 0 amide bonds. The number of pyridine rings is 2. The standard InChI is InChI=1S/C12H8N2.C3H4N2.3Ir/c1-2-5-10-9(4-1)8-14-11-6-3-7-13-12(10)11;1-2-5-3-4-1;;;/h1-8H;1-3H,(H,4,5);;;. The van der Waals surface area contributed by atoms with Crippen molar-refractivity contribution in [3.63, 3.8) is 0 Å². The molecule has 3 heterocycles. The molecule has 0 aliphatic heterocycles. The monoisotopic (exact) mass is 827 g/mol. The van der Waals surface area contributed by atoms with Crippen molar-refractivity contribution < 1.29 is 60.3 Å².